The first kappa shape index (κ1) is 17.1. The van der Waals surface area contributed by atoms with Crippen molar-refractivity contribution in [1.82, 2.24) is 4.90 Å². The topological polar surface area (TPSA) is 29.3 Å². The molecule has 2 unspecified atom stereocenters. The average molecular weight is 280 g/mol. The van der Waals surface area contributed by atoms with Gasteiger partial charge in [-0.3, -0.25) is 0 Å². The van der Waals surface area contributed by atoms with Gasteiger partial charge in [-0.25, -0.2) is 4.39 Å². The number of benzene rings is 1. The summed E-state index contributed by atoms with van der Waals surface area (Å²) in [6, 6.07) is 7.15. The van der Waals surface area contributed by atoms with E-state index in [-0.39, 0.29) is 11.9 Å². The molecule has 0 heterocycles. The van der Waals surface area contributed by atoms with Crippen LogP contribution in [0.2, 0.25) is 0 Å². The van der Waals surface area contributed by atoms with E-state index in [1.165, 1.54) is 18.9 Å². The number of hydrogen-bond acceptors (Lipinski definition) is 2. The van der Waals surface area contributed by atoms with E-state index in [0.29, 0.717) is 6.04 Å². The SMILES string of the molecule is CCCCN(CCC(N)c1cccc(F)c1)C(C)CC. The minimum atomic E-state index is -0.206. The molecule has 2 atom stereocenters. The highest BCUT2D eigenvalue weighted by Gasteiger charge is 2.14. The van der Waals surface area contributed by atoms with Crippen LogP contribution in [-0.4, -0.2) is 24.0 Å². The third-order valence-corrected chi connectivity index (χ3v) is 4.02. The number of rotatable bonds is 9. The molecule has 2 nitrogen and oxygen atoms in total. The predicted octanol–water partition coefficient (Wildman–Crippen LogP) is 4.12. The van der Waals surface area contributed by atoms with Crippen molar-refractivity contribution < 1.29 is 4.39 Å². The zero-order valence-electron chi connectivity index (χ0n) is 13.1. The van der Waals surface area contributed by atoms with Gasteiger partial charge in [-0.1, -0.05) is 32.4 Å². The first-order valence-electron chi connectivity index (χ1n) is 7.83. The number of nitrogens with zero attached hydrogens (tertiary/aromatic N) is 1. The van der Waals surface area contributed by atoms with Crippen LogP contribution in [0.15, 0.2) is 24.3 Å². The second-order valence-electron chi connectivity index (χ2n) is 5.60. The van der Waals surface area contributed by atoms with Gasteiger partial charge in [0.2, 0.25) is 0 Å². The summed E-state index contributed by atoms with van der Waals surface area (Å²) in [5.74, 6) is -0.206. The molecule has 0 aromatic heterocycles. The molecule has 0 radical (unpaired) electrons. The van der Waals surface area contributed by atoms with E-state index < -0.39 is 0 Å². The molecule has 3 heteroatoms. The second kappa shape index (κ2) is 9.09. The Hall–Kier alpha value is -0.930. The molecule has 1 rings (SSSR count). The molecule has 1 aromatic carbocycles. The normalized spacial score (nSPS) is 14.5. The number of halogens is 1. The van der Waals surface area contributed by atoms with Gasteiger partial charge in [-0.15, -0.1) is 0 Å². The lowest BCUT2D eigenvalue weighted by Gasteiger charge is -2.29. The van der Waals surface area contributed by atoms with Crippen LogP contribution < -0.4 is 5.73 Å². The van der Waals surface area contributed by atoms with E-state index in [9.17, 15) is 4.39 Å². The summed E-state index contributed by atoms with van der Waals surface area (Å²) in [6.07, 6.45) is 4.46. The van der Waals surface area contributed by atoms with E-state index in [0.717, 1.165) is 31.5 Å². The molecule has 1 aromatic rings. The highest BCUT2D eigenvalue weighted by Crippen LogP contribution is 2.17. The molecular formula is C17H29FN2. The molecule has 0 amide bonds. The second-order valence-corrected chi connectivity index (χ2v) is 5.60. The van der Waals surface area contributed by atoms with E-state index in [2.05, 4.69) is 25.7 Å². The van der Waals surface area contributed by atoms with E-state index >= 15 is 0 Å². The molecule has 0 spiro atoms. The summed E-state index contributed by atoms with van der Waals surface area (Å²) >= 11 is 0. The van der Waals surface area contributed by atoms with Gasteiger partial charge < -0.3 is 10.6 Å². The van der Waals surface area contributed by atoms with Crippen molar-refractivity contribution in [3.63, 3.8) is 0 Å². The average Bonchev–Trinajstić information content (AvgIpc) is 2.46. The Morgan fingerprint density at radius 1 is 1.25 bits per heavy atom. The molecule has 114 valence electrons. The first-order chi connectivity index (χ1) is 9.58. The molecule has 2 N–H and O–H groups in total. The molecule has 0 aliphatic carbocycles. The van der Waals surface area contributed by atoms with Gasteiger partial charge in [-0.2, -0.15) is 0 Å². The Morgan fingerprint density at radius 3 is 2.60 bits per heavy atom. The maximum atomic E-state index is 13.2. The van der Waals surface area contributed by atoms with Gasteiger partial charge in [-0.05, 0) is 50.4 Å². The number of unbranched alkanes of at least 4 members (excludes halogenated alkanes) is 1. The Kier molecular flexibility index (Phi) is 7.78. The first-order valence-corrected chi connectivity index (χ1v) is 7.83. The fraction of sp³-hybridized carbons (Fsp3) is 0.647. The summed E-state index contributed by atoms with van der Waals surface area (Å²) in [4.78, 5) is 2.50. The number of hydrogen-bond donors (Lipinski definition) is 1. The molecule has 20 heavy (non-hydrogen) atoms. The Balaban J connectivity index is 2.53. The Labute approximate surface area is 123 Å². The minimum Gasteiger partial charge on any atom is -0.324 e. The predicted molar refractivity (Wildman–Crippen MR) is 84.2 cm³/mol. The van der Waals surface area contributed by atoms with Crippen LogP contribution in [0, 0.1) is 5.82 Å². The lowest BCUT2D eigenvalue weighted by atomic mass is 10.0. The summed E-state index contributed by atoms with van der Waals surface area (Å²) in [5.41, 5.74) is 7.08. The van der Waals surface area contributed by atoms with Crippen molar-refractivity contribution in [2.45, 2.75) is 58.5 Å². The van der Waals surface area contributed by atoms with Crippen molar-refractivity contribution in [3.05, 3.63) is 35.6 Å². The van der Waals surface area contributed by atoms with Crippen molar-refractivity contribution in [3.8, 4) is 0 Å². The largest absolute Gasteiger partial charge is 0.324 e. The van der Waals surface area contributed by atoms with Gasteiger partial charge in [0.05, 0.1) is 0 Å². The maximum Gasteiger partial charge on any atom is 0.123 e. The van der Waals surface area contributed by atoms with E-state index in [1.807, 2.05) is 6.07 Å². The van der Waals surface area contributed by atoms with E-state index in [1.54, 1.807) is 12.1 Å². The quantitative estimate of drug-likeness (QED) is 0.737. The fourth-order valence-corrected chi connectivity index (χ4v) is 2.38. The minimum absolute atomic E-state index is 0.0844. The Morgan fingerprint density at radius 2 is 2.00 bits per heavy atom. The standard InChI is InChI=1S/C17H29FN2/c1-4-6-11-20(14(3)5-2)12-10-17(19)15-8-7-9-16(18)13-15/h7-9,13-14,17H,4-6,10-12,19H2,1-3H3. The van der Waals surface area contributed by atoms with Crippen LogP contribution in [0.3, 0.4) is 0 Å². The van der Waals surface area contributed by atoms with Gasteiger partial charge in [0.15, 0.2) is 0 Å². The van der Waals surface area contributed by atoms with Crippen LogP contribution in [0.4, 0.5) is 4.39 Å². The van der Waals surface area contributed by atoms with Crippen LogP contribution in [0.5, 0.6) is 0 Å². The van der Waals surface area contributed by atoms with E-state index in [4.69, 9.17) is 5.73 Å². The molecule has 0 saturated heterocycles. The highest BCUT2D eigenvalue weighted by molar-refractivity contribution is 5.19. The lowest BCUT2D eigenvalue weighted by molar-refractivity contribution is 0.194. The Bertz CT molecular complexity index is 381. The third kappa shape index (κ3) is 5.59. The molecule has 0 aliphatic rings. The van der Waals surface area contributed by atoms with Crippen molar-refractivity contribution >= 4 is 0 Å². The molecular weight excluding hydrogens is 251 g/mol. The van der Waals surface area contributed by atoms with Crippen molar-refractivity contribution in [2.24, 2.45) is 5.73 Å². The van der Waals surface area contributed by atoms with Gasteiger partial charge in [0.1, 0.15) is 5.82 Å². The maximum absolute atomic E-state index is 13.2. The lowest BCUT2D eigenvalue weighted by Crippen LogP contribution is -2.35. The van der Waals surface area contributed by atoms with Crippen LogP contribution in [0.25, 0.3) is 0 Å². The van der Waals surface area contributed by atoms with Gasteiger partial charge in [0.25, 0.3) is 0 Å². The zero-order chi connectivity index (χ0) is 15.0. The van der Waals surface area contributed by atoms with Crippen molar-refractivity contribution in [1.29, 1.82) is 0 Å². The summed E-state index contributed by atoms with van der Waals surface area (Å²) in [6.45, 7) is 8.81. The van der Waals surface area contributed by atoms with Crippen LogP contribution >= 0.6 is 0 Å². The number of nitrogens with two attached hydrogens (primary N) is 1. The summed E-state index contributed by atoms with van der Waals surface area (Å²) in [7, 11) is 0. The smallest absolute Gasteiger partial charge is 0.123 e. The summed E-state index contributed by atoms with van der Waals surface area (Å²) in [5, 5.41) is 0. The molecule has 0 saturated carbocycles. The van der Waals surface area contributed by atoms with Crippen LogP contribution in [-0.2, 0) is 0 Å². The summed E-state index contributed by atoms with van der Waals surface area (Å²) < 4.78 is 13.2. The monoisotopic (exact) mass is 280 g/mol. The third-order valence-electron chi connectivity index (χ3n) is 4.02. The molecule has 0 fully saturated rings. The van der Waals surface area contributed by atoms with Crippen molar-refractivity contribution in [2.75, 3.05) is 13.1 Å². The fourth-order valence-electron chi connectivity index (χ4n) is 2.38. The highest BCUT2D eigenvalue weighted by atomic mass is 19.1. The van der Waals surface area contributed by atoms with Crippen LogP contribution in [0.1, 0.15) is 58.1 Å². The zero-order valence-corrected chi connectivity index (χ0v) is 13.1. The molecule has 0 bridgehead atoms. The molecule has 0 aliphatic heterocycles. The van der Waals surface area contributed by atoms with Gasteiger partial charge in [0, 0.05) is 18.6 Å². The van der Waals surface area contributed by atoms with Gasteiger partial charge >= 0.3 is 0 Å².